The van der Waals surface area contributed by atoms with Gasteiger partial charge in [0.25, 0.3) is 11.1 Å². The largest absolute Gasteiger partial charge is 0.493 e. The predicted molar refractivity (Wildman–Crippen MR) is 159 cm³/mol. The van der Waals surface area contributed by atoms with Crippen LogP contribution < -0.4 is 14.8 Å². The molecular weight excluding hydrogens is 686 g/mol. The molecule has 12 heteroatoms. The molecule has 3 aromatic rings. The summed E-state index contributed by atoms with van der Waals surface area (Å²) in [5.74, 6) is -0.173. The van der Waals surface area contributed by atoms with Gasteiger partial charge in [-0.3, -0.25) is 19.3 Å². The maximum Gasteiger partial charge on any atom is 0.294 e. The van der Waals surface area contributed by atoms with Crippen LogP contribution in [-0.2, 0) is 16.2 Å². The molecule has 0 radical (unpaired) electrons. The zero-order valence-corrected chi connectivity index (χ0v) is 24.8. The van der Waals surface area contributed by atoms with Gasteiger partial charge in [-0.1, -0.05) is 53.0 Å². The molecule has 0 unspecified atom stereocenters. The van der Waals surface area contributed by atoms with Crippen LogP contribution in [0.15, 0.2) is 59.5 Å². The highest BCUT2D eigenvalue weighted by molar-refractivity contribution is 14.1. The van der Waals surface area contributed by atoms with E-state index in [2.05, 4.69) is 27.9 Å². The number of benzene rings is 3. The first-order valence-electron chi connectivity index (χ1n) is 10.9. The molecule has 1 aliphatic rings. The molecule has 1 heterocycles. The van der Waals surface area contributed by atoms with Gasteiger partial charge in [-0.05, 0) is 82.4 Å². The first-order valence-corrected chi connectivity index (χ1v) is 13.9. The number of carbonyl (C=O) groups is 3. The van der Waals surface area contributed by atoms with Crippen molar-refractivity contribution in [3.8, 4) is 11.5 Å². The number of para-hydroxylation sites is 1. The summed E-state index contributed by atoms with van der Waals surface area (Å²) < 4.78 is 12.2. The number of nitrogens with one attached hydrogen (secondary N) is 1. The Hall–Kier alpha value is -2.44. The monoisotopic (exact) mass is 702 g/mol. The van der Waals surface area contributed by atoms with Gasteiger partial charge in [-0.25, -0.2) is 0 Å². The lowest BCUT2D eigenvalue weighted by Gasteiger charge is -2.14. The van der Waals surface area contributed by atoms with Gasteiger partial charge in [0.1, 0.15) is 13.2 Å². The number of halogens is 4. The van der Waals surface area contributed by atoms with Crippen molar-refractivity contribution >= 4 is 98.0 Å². The summed E-state index contributed by atoms with van der Waals surface area (Å²) in [5.41, 5.74) is 1.77. The van der Waals surface area contributed by atoms with Crippen LogP contribution in [0.5, 0.6) is 11.5 Å². The van der Waals surface area contributed by atoms with Crippen LogP contribution >= 0.6 is 69.2 Å². The Morgan fingerprint density at radius 2 is 1.84 bits per heavy atom. The lowest BCUT2D eigenvalue weighted by Crippen LogP contribution is -2.36. The minimum Gasteiger partial charge on any atom is -0.493 e. The number of imide groups is 1. The van der Waals surface area contributed by atoms with E-state index in [4.69, 9.17) is 44.3 Å². The number of carbonyl (C=O) groups excluding carboxylic acids is 3. The van der Waals surface area contributed by atoms with Gasteiger partial charge < -0.3 is 14.8 Å². The summed E-state index contributed by atoms with van der Waals surface area (Å²) in [6.45, 7) is -0.245. The summed E-state index contributed by atoms with van der Waals surface area (Å²) >= 11 is 21.1. The van der Waals surface area contributed by atoms with Gasteiger partial charge in [-0.15, -0.1) is 0 Å². The van der Waals surface area contributed by atoms with Crippen LogP contribution in [-0.4, -0.2) is 35.6 Å². The molecule has 1 N–H and O–H groups in total. The second-order valence-corrected chi connectivity index (χ2v) is 11.3. The summed E-state index contributed by atoms with van der Waals surface area (Å²) in [7, 11) is 1.50. The fourth-order valence-corrected chi connectivity index (χ4v) is 5.70. The van der Waals surface area contributed by atoms with Crippen LogP contribution in [0.2, 0.25) is 15.1 Å². The highest BCUT2D eigenvalue weighted by Crippen LogP contribution is 2.38. The zero-order valence-electron chi connectivity index (χ0n) is 19.6. The average Bonchev–Trinajstić information content (AvgIpc) is 3.12. The quantitative estimate of drug-likeness (QED) is 0.193. The summed E-state index contributed by atoms with van der Waals surface area (Å²) in [6, 6.07) is 15.3. The average molecular weight is 704 g/mol. The molecule has 1 fully saturated rings. The van der Waals surface area contributed by atoms with E-state index in [9.17, 15) is 14.4 Å². The van der Waals surface area contributed by atoms with E-state index in [0.29, 0.717) is 37.8 Å². The van der Waals surface area contributed by atoms with Gasteiger partial charge in [-0.2, -0.15) is 0 Å². The molecule has 3 aromatic carbocycles. The standard InChI is InChI=1S/C26H18Cl3IN2O5S/c1-36-21-9-14(8-19(30)24(21)37-13-15-6-7-16(27)11-18(15)29)10-22-25(34)32(26(35)38-22)12-23(33)31-20-5-3-2-4-17(20)28/h2-11H,12-13H2,1H3,(H,31,33)/b22-10+. The maximum atomic E-state index is 12.9. The van der Waals surface area contributed by atoms with E-state index < -0.39 is 23.6 Å². The number of hydrogen-bond acceptors (Lipinski definition) is 6. The number of ether oxygens (including phenoxy) is 2. The van der Waals surface area contributed by atoms with Crippen molar-refractivity contribution in [1.82, 2.24) is 4.90 Å². The summed E-state index contributed by atoms with van der Waals surface area (Å²) in [5, 5.41) is 3.43. The second kappa shape index (κ2) is 12.6. The highest BCUT2D eigenvalue weighted by atomic mass is 127. The smallest absolute Gasteiger partial charge is 0.294 e. The minimum absolute atomic E-state index is 0.181. The van der Waals surface area contributed by atoms with Crippen molar-refractivity contribution in [3.05, 3.63) is 89.3 Å². The maximum absolute atomic E-state index is 12.9. The van der Waals surface area contributed by atoms with Gasteiger partial charge in [0.05, 0.1) is 26.3 Å². The van der Waals surface area contributed by atoms with Crippen molar-refractivity contribution in [2.24, 2.45) is 0 Å². The van der Waals surface area contributed by atoms with E-state index >= 15 is 0 Å². The van der Waals surface area contributed by atoms with Crippen molar-refractivity contribution in [2.75, 3.05) is 19.0 Å². The third-order valence-corrected chi connectivity index (χ3v) is 7.89. The van der Waals surface area contributed by atoms with Crippen molar-refractivity contribution < 1.29 is 23.9 Å². The molecule has 0 atom stereocenters. The SMILES string of the molecule is COc1cc(/C=C2/SC(=O)N(CC(=O)Nc3ccccc3Cl)C2=O)cc(I)c1OCc1ccc(Cl)cc1Cl. The molecule has 0 spiro atoms. The third-order valence-electron chi connectivity index (χ3n) is 5.26. The molecule has 1 saturated heterocycles. The number of hydrogen-bond donors (Lipinski definition) is 1. The number of rotatable bonds is 8. The van der Waals surface area contributed by atoms with Crippen LogP contribution in [0.1, 0.15) is 11.1 Å². The van der Waals surface area contributed by atoms with E-state index in [1.54, 1.807) is 60.7 Å². The molecule has 0 saturated carbocycles. The number of nitrogens with zero attached hydrogens (tertiary/aromatic N) is 1. The van der Waals surface area contributed by atoms with Crippen LogP contribution in [0.3, 0.4) is 0 Å². The second-order valence-electron chi connectivity index (χ2n) is 7.85. The molecular formula is C26H18Cl3IN2O5S. The van der Waals surface area contributed by atoms with E-state index in [0.717, 1.165) is 25.8 Å². The lowest BCUT2D eigenvalue weighted by atomic mass is 10.1. The molecule has 0 aliphatic carbocycles. The summed E-state index contributed by atoms with van der Waals surface area (Å²) in [6.07, 6.45) is 1.57. The van der Waals surface area contributed by atoms with E-state index in [-0.39, 0.29) is 11.5 Å². The molecule has 4 rings (SSSR count). The third kappa shape index (κ3) is 6.76. The predicted octanol–water partition coefficient (Wildman–Crippen LogP) is 7.51. The Kier molecular flexibility index (Phi) is 9.48. The van der Waals surface area contributed by atoms with Gasteiger partial charge in [0.2, 0.25) is 5.91 Å². The molecule has 38 heavy (non-hydrogen) atoms. The van der Waals surface area contributed by atoms with Gasteiger partial charge in [0, 0.05) is 15.6 Å². The number of amides is 3. The normalized spacial score (nSPS) is 14.2. The Morgan fingerprint density at radius 1 is 1.08 bits per heavy atom. The van der Waals surface area contributed by atoms with E-state index in [1.165, 1.54) is 7.11 Å². The molecule has 3 amide bonds. The van der Waals surface area contributed by atoms with Crippen LogP contribution in [0.4, 0.5) is 10.5 Å². The topological polar surface area (TPSA) is 84.9 Å². The minimum atomic E-state index is -0.569. The van der Waals surface area contributed by atoms with Crippen LogP contribution in [0, 0.1) is 3.57 Å². The first-order chi connectivity index (χ1) is 18.2. The molecule has 196 valence electrons. The molecule has 1 aliphatic heterocycles. The lowest BCUT2D eigenvalue weighted by molar-refractivity contribution is -0.127. The number of anilines is 1. The van der Waals surface area contributed by atoms with Gasteiger partial charge >= 0.3 is 0 Å². The Labute approximate surface area is 251 Å². The highest BCUT2D eigenvalue weighted by Gasteiger charge is 2.36. The van der Waals surface area contributed by atoms with Crippen molar-refractivity contribution in [3.63, 3.8) is 0 Å². The molecule has 0 aromatic heterocycles. The van der Waals surface area contributed by atoms with Crippen LogP contribution in [0.25, 0.3) is 6.08 Å². The Bertz CT molecular complexity index is 1470. The zero-order chi connectivity index (χ0) is 27.4. The first kappa shape index (κ1) is 28.6. The summed E-state index contributed by atoms with van der Waals surface area (Å²) in [4.78, 5) is 39.0. The van der Waals surface area contributed by atoms with E-state index in [1.807, 2.05) is 0 Å². The Morgan fingerprint density at radius 3 is 2.55 bits per heavy atom. The number of methoxy groups -OCH3 is 1. The van der Waals surface area contributed by atoms with Crippen molar-refractivity contribution in [2.45, 2.75) is 6.61 Å². The van der Waals surface area contributed by atoms with Gasteiger partial charge in [0.15, 0.2) is 11.5 Å². The number of thioether (sulfide) groups is 1. The molecule has 7 nitrogen and oxygen atoms in total. The molecule has 0 bridgehead atoms. The Balaban J connectivity index is 1.48. The fraction of sp³-hybridized carbons (Fsp3) is 0.115. The van der Waals surface area contributed by atoms with Crippen molar-refractivity contribution in [1.29, 1.82) is 0 Å². The fourth-order valence-electron chi connectivity index (χ4n) is 3.44.